The van der Waals surface area contributed by atoms with Gasteiger partial charge in [0.1, 0.15) is 5.75 Å². The van der Waals surface area contributed by atoms with Gasteiger partial charge in [0.25, 0.3) is 0 Å². The Bertz CT molecular complexity index is 454. The van der Waals surface area contributed by atoms with E-state index in [0.717, 1.165) is 0 Å². The fraction of sp³-hybridized carbons (Fsp3) is 0.400. The molecule has 0 unspecified atom stereocenters. The van der Waals surface area contributed by atoms with Crippen molar-refractivity contribution < 1.29 is 17.9 Å². The average Bonchev–Trinajstić information content (AvgIpc) is 2.19. The summed E-state index contributed by atoms with van der Waals surface area (Å²) >= 11 is 3.12. The molecule has 92 valence electrons. The summed E-state index contributed by atoms with van der Waals surface area (Å²) in [5.41, 5.74) is 0.943. The Morgan fingerprint density at radius 2 is 2.18 bits per heavy atom. The van der Waals surface area contributed by atoms with E-state index in [2.05, 4.69) is 25.7 Å². The molecular weight excluding hydrogens is 301 g/mol. The van der Waals surface area contributed by atoms with Gasteiger partial charge in [-0.25, -0.2) is 0 Å². The van der Waals surface area contributed by atoms with Crippen molar-refractivity contribution in [1.29, 1.82) is 5.26 Å². The molecule has 1 heterocycles. The molecule has 0 saturated carbocycles. The highest BCUT2D eigenvalue weighted by Gasteiger charge is 2.32. The lowest BCUT2D eigenvalue weighted by molar-refractivity contribution is -0.274. The molecule has 1 aromatic rings. The number of alkyl halides is 4. The quantitative estimate of drug-likeness (QED) is 0.805. The molecule has 0 saturated heterocycles. The van der Waals surface area contributed by atoms with Gasteiger partial charge in [0.05, 0.1) is 18.2 Å². The Morgan fingerprint density at radius 1 is 1.53 bits per heavy atom. The van der Waals surface area contributed by atoms with Crippen molar-refractivity contribution in [2.45, 2.75) is 25.0 Å². The molecule has 0 bridgehead atoms. The van der Waals surface area contributed by atoms with Crippen molar-refractivity contribution in [3.63, 3.8) is 0 Å². The first-order chi connectivity index (χ1) is 7.87. The van der Waals surface area contributed by atoms with E-state index in [1.165, 1.54) is 6.07 Å². The van der Waals surface area contributed by atoms with Crippen LogP contribution in [0.3, 0.4) is 0 Å². The number of halogens is 4. The highest BCUT2D eigenvalue weighted by molar-refractivity contribution is 9.08. The largest absolute Gasteiger partial charge is 0.573 e. The van der Waals surface area contributed by atoms with Crippen LogP contribution < -0.4 is 4.74 Å². The van der Waals surface area contributed by atoms with Gasteiger partial charge >= 0.3 is 6.36 Å². The molecular formula is C10H8BrF3N2O. The van der Waals surface area contributed by atoms with Crippen molar-refractivity contribution in [3.05, 3.63) is 23.0 Å². The number of rotatable bonds is 3. The van der Waals surface area contributed by atoms with E-state index in [1.54, 1.807) is 13.0 Å². The van der Waals surface area contributed by atoms with Gasteiger partial charge in [0, 0.05) is 22.7 Å². The number of pyridine rings is 1. The molecule has 0 fully saturated rings. The Morgan fingerprint density at radius 3 is 2.65 bits per heavy atom. The third-order valence-corrected chi connectivity index (χ3v) is 2.44. The van der Waals surface area contributed by atoms with Crippen LogP contribution in [0.2, 0.25) is 0 Å². The summed E-state index contributed by atoms with van der Waals surface area (Å²) in [7, 11) is 0. The molecule has 0 spiro atoms. The Labute approximate surface area is 104 Å². The Kier molecular flexibility index (Phi) is 4.34. The summed E-state index contributed by atoms with van der Waals surface area (Å²) in [4.78, 5) is 4.06. The zero-order valence-electron chi connectivity index (χ0n) is 8.81. The zero-order chi connectivity index (χ0) is 13.1. The summed E-state index contributed by atoms with van der Waals surface area (Å²) < 4.78 is 40.5. The van der Waals surface area contributed by atoms with E-state index >= 15 is 0 Å². The first kappa shape index (κ1) is 13.8. The number of ether oxygens (including phenoxy) is 1. The predicted molar refractivity (Wildman–Crippen MR) is 57.6 cm³/mol. The maximum Gasteiger partial charge on any atom is 0.573 e. The van der Waals surface area contributed by atoms with E-state index in [1.807, 2.05) is 0 Å². The molecule has 17 heavy (non-hydrogen) atoms. The highest BCUT2D eigenvalue weighted by Crippen LogP contribution is 2.29. The van der Waals surface area contributed by atoms with Crippen LogP contribution in [-0.2, 0) is 11.8 Å². The molecule has 0 aliphatic rings. The van der Waals surface area contributed by atoms with Gasteiger partial charge in [0.2, 0.25) is 0 Å². The lowest BCUT2D eigenvalue weighted by Gasteiger charge is -2.14. The molecule has 0 amide bonds. The lowest BCUT2D eigenvalue weighted by atomic mass is 10.1. The minimum atomic E-state index is -4.78. The highest BCUT2D eigenvalue weighted by atomic mass is 79.9. The number of aryl methyl sites for hydroxylation is 1. The Hall–Kier alpha value is -1.29. The van der Waals surface area contributed by atoms with Crippen LogP contribution in [0.25, 0.3) is 0 Å². The molecule has 7 heteroatoms. The van der Waals surface area contributed by atoms with Crippen LogP contribution in [0, 0.1) is 18.3 Å². The van der Waals surface area contributed by atoms with Gasteiger partial charge in [-0.3, -0.25) is 4.98 Å². The average molecular weight is 309 g/mol. The summed E-state index contributed by atoms with van der Waals surface area (Å²) in [6.07, 6.45) is -4.96. The van der Waals surface area contributed by atoms with E-state index < -0.39 is 6.36 Å². The second-order valence-corrected chi connectivity index (χ2v) is 3.76. The molecule has 3 nitrogen and oxygen atoms in total. The van der Waals surface area contributed by atoms with Gasteiger partial charge in [-0.2, -0.15) is 5.26 Å². The number of hydrogen-bond acceptors (Lipinski definition) is 3. The fourth-order valence-electron chi connectivity index (χ4n) is 1.33. The van der Waals surface area contributed by atoms with Crippen molar-refractivity contribution in [1.82, 2.24) is 4.98 Å². The van der Waals surface area contributed by atoms with Crippen molar-refractivity contribution in [2.75, 3.05) is 0 Å². The molecule has 1 rings (SSSR count). The fourth-order valence-corrected chi connectivity index (χ4v) is 1.79. The maximum atomic E-state index is 12.2. The molecule has 0 aliphatic carbocycles. The summed E-state index contributed by atoms with van der Waals surface area (Å²) in [6.45, 7) is 1.56. The van der Waals surface area contributed by atoms with E-state index in [-0.39, 0.29) is 23.1 Å². The minimum absolute atomic E-state index is 0.160. The Balaban J connectivity index is 3.26. The number of nitrogens with zero attached hydrogens (tertiary/aromatic N) is 2. The predicted octanol–water partition coefficient (Wildman–Crippen LogP) is 3.25. The van der Waals surface area contributed by atoms with Gasteiger partial charge in [-0.05, 0) is 6.92 Å². The van der Waals surface area contributed by atoms with E-state index in [9.17, 15) is 13.2 Å². The molecule has 1 aromatic heterocycles. The van der Waals surface area contributed by atoms with E-state index in [0.29, 0.717) is 11.4 Å². The van der Waals surface area contributed by atoms with Gasteiger partial charge in [0.15, 0.2) is 0 Å². The molecule has 0 radical (unpaired) electrons. The van der Waals surface area contributed by atoms with Crippen LogP contribution >= 0.6 is 15.9 Å². The number of nitriles is 1. The molecule has 0 aromatic carbocycles. The minimum Gasteiger partial charge on any atom is -0.405 e. The van der Waals surface area contributed by atoms with Crippen LogP contribution in [0.15, 0.2) is 6.07 Å². The molecule has 0 atom stereocenters. The SMILES string of the molecule is Cc1cc(OC(F)(F)F)c(CC#N)c(CBr)n1. The van der Waals surface area contributed by atoms with Gasteiger partial charge in [-0.1, -0.05) is 15.9 Å². The first-order valence-corrected chi connectivity index (χ1v) is 5.67. The topological polar surface area (TPSA) is 45.9 Å². The zero-order valence-corrected chi connectivity index (χ0v) is 10.4. The van der Waals surface area contributed by atoms with Crippen molar-refractivity contribution in [2.24, 2.45) is 0 Å². The second kappa shape index (κ2) is 5.36. The molecule has 0 aliphatic heterocycles. The number of hydrogen-bond donors (Lipinski definition) is 0. The molecule has 0 N–H and O–H groups in total. The van der Waals surface area contributed by atoms with Crippen LogP contribution in [0.5, 0.6) is 5.75 Å². The van der Waals surface area contributed by atoms with Crippen LogP contribution in [0.4, 0.5) is 13.2 Å². The van der Waals surface area contributed by atoms with Crippen LogP contribution in [0.1, 0.15) is 17.0 Å². The number of aromatic nitrogens is 1. The van der Waals surface area contributed by atoms with Crippen molar-refractivity contribution in [3.8, 4) is 11.8 Å². The maximum absolute atomic E-state index is 12.2. The second-order valence-electron chi connectivity index (χ2n) is 3.20. The smallest absolute Gasteiger partial charge is 0.405 e. The van der Waals surface area contributed by atoms with Gasteiger partial charge in [-0.15, -0.1) is 13.2 Å². The lowest BCUT2D eigenvalue weighted by Crippen LogP contribution is -2.19. The monoisotopic (exact) mass is 308 g/mol. The summed E-state index contributed by atoms with van der Waals surface area (Å²) in [5, 5.41) is 8.87. The standard InChI is InChI=1S/C10H8BrF3N2O/c1-6-4-9(17-10(12,13)14)7(2-3-15)8(5-11)16-6/h4H,2,5H2,1H3. The third kappa shape index (κ3) is 3.89. The van der Waals surface area contributed by atoms with Gasteiger partial charge < -0.3 is 4.74 Å². The van der Waals surface area contributed by atoms with E-state index in [4.69, 9.17) is 5.26 Å². The normalized spacial score (nSPS) is 11.1. The third-order valence-electron chi connectivity index (χ3n) is 1.91. The summed E-state index contributed by atoms with van der Waals surface area (Å²) in [5.74, 6) is -0.360. The van der Waals surface area contributed by atoms with Crippen molar-refractivity contribution >= 4 is 15.9 Å². The van der Waals surface area contributed by atoms with Crippen LogP contribution in [-0.4, -0.2) is 11.3 Å². The summed E-state index contributed by atoms with van der Waals surface area (Å²) in [6, 6.07) is 2.97. The first-order valence-electron chi connectivity index (χ1n) is 4.55.